The highest BCUT2D eigenvalue weighted by Crippen LogP contribution is 2.34. The Kier molecular flexibility index (Phi) is 17.4. The Bertz CT molecular complexity index is 781. The molecule has 0 aromatic heterocycles. The van der Waals surface area contributed by atoms with Crippen LogP contribution in [0.5, 0.6) is 0 Å². The van der Waals surface area contributed by atoms with Gasteiger partial charge in [0, 0.05) is 19.6 Å². The van der Waals surface area contributed by atoms with Crippen LogP contribution in [-0.2, 0) is 19.1 Å². The van der Waals surface area contributed by atoms with E-state index in [0.29, 0.717) is 23.7 Å². The Morgan fingerprint density at radius 2 is 1.32 bits per heavy atom. The number of carbonyl (C=O) groups excluding carboxylic acids is 3. The maximum absolute atomic E-state index is 13.1. The third-order valence-electron chi connectivity index (χ3n) is 8.38. The molecule has 6 nitrogen and oxygen atoms in total. The van der Waals surface area contributed by atoms with Gasteiger partial charge in [0.2, 0.25) is 5.91 Å². The molecular weight excluding hydrogens is 540 g/mol. The van der Waals surface area contributed by atoms with Gasteiger partial charge in [-0.2, -0.15) is 0 Å². The molecule has 0 radical (unpaired) electrons. The molecular formula is C32H56N2O4S2. The first-order chi connectivity index (χ1) is 19.3. The van der Waals surface area contributed by atoms with Gasteiger partial charge in [0.15, 0.2) is 0 Å². The summed E-state index contributed by atoms with van der Waals surface area (Å²) in [6.07, 6.45) is 21.5. The van der Waals surface area contributed by atoms with Crippen LogP contribution in [0, 0.1) is 11.8 Å². The molecule has 1 amide bonds. The first kappa shape index (κ1) is 35.0. The van der Waals surface area contributed by atoms with Gasteiger partial charge in [-0.15, -0.1) is 0 Å². The van der Waals surface area contributed by atoms with Crippen LogP contribution < -0.4 is 5.32 Å². The van der Waals surface area contributed by atoms with E-state index < -0.39 is 28.5 Å². The molecule has 1 saturated carbocycles. The number of rotatable bonds is 15. The number of likely N-dealkylation sites (tertiary alicyclic amines) is 1. The van der Waals surface area contributed by atoms with E-state index in [0.717, 1.165) is 51.6 Å². The third kappa shape index (κ3) is 13.2. The molecule has 2 atom stereocenters. The number of nitrogens with one attached hydrogen (secondary N) is 1. The van der Waals surface area contributed by atoms with Crippen molar-refractivity contribution in [1.29, 1.82) is 0 Å². The van der Waals surface area contributed by atoms with Gasteiger partial charge < -0.3 is 15.0 Å². The van der Waals surface area contributed by atoms with Crippen molar-refractivity contribution in [2.75, 3.05) is 19.6 Å². The second-order valence-corrected chi connectivity index (χ2v) is 14.6. The molecule has 2 unspecified atom stereocenters. The van der Waals surface area contributed by atoms with Crippen molar-refractivity contribution >= 4 is 46.1 Å². The van der Waals surface area contributed by atoms with Gasteiger partial charge in [-0.3, -0.25) is 14.4 Å². The third-order valence-corrected chi connectivity index (χ3v) is 9.99. The Morgan fingerprint density at radius 3 is 1.93 bits per heavy atom. The summed E-state index contributed by atoms with van der Waals surface area (Å²) < 4.78 is 5.14. The van der Waals surface area contributed by atoms with Crippen molar-refractivity contribution in [1.82, 2.24) is 10.2 Å². The van der Waals surface area contributed by atoms with Crippen LogP contribution >= 0.6 is 24.0 Å². The molecule has 0 aromatic carbocycles. The standard InChI is InChI=1S/C32H56N2O4S2/c1-4-5-6-7-8-9-10-11-13-18-23-33-28(35)26-21-16-17-22-27(26)29(36)38-30(37)32(2,3)40-31(39)34-24-19-14-12-15-20-25-34/h26-27H,4-25H2,1-3H3,(H,33,35). The predicted molar refractivity (Wildman–Crippen MR) is 170 cm³/mol. The maximum Gasteiger partial charge on any atom is 0.329 e. The molecule has 1 heterocycles. The van der Waals surface area contributed by atoms with Gasteiger partial charge in [-0.05, 0) is 46.0 Å². The molecule has 2 fully saturated rings. The maximum atomic E-state index is 13.1. The molecule has 0 spiro atoms. The first-order valence-corrected chi connectivity index (χ1v) is 17.5. The average molecular weight is 597 g/mol. The molecule has 8 heteroatoms. The van der Waals surface area contributed by atoms with Crippen molar-refractivity contribution in [2.45, 2.75) is 148 Å². The quantitative estimate of drug-likeness (QED) is 0.0889. The number of thioether (sulfide) groups is 1. The number of hydrogen-bond acceptors (Lipinski definition) is 6. The van der Waals surface area contributed by atoms with E-state index in [4.69, 9.17) is 17.0 Å². The van der Waals surface area contributed by atoms with Gasteiger partial charge in [0.1, 0.15) is 9.07 Å². The SMILES string of the molecule is CCCCCCCCCCCCNC(=O)C1CCCCC1C(=O)OC(=O)C(C)(C)SC(=S)N1CCCCCCC1. The number of ether oxygens (including phenoxy) is 1. The minimum absolute atomic E-state index is 0.0723. The summed E-state index contributed by atoms with van der Waals surface area (Å²) >= 11 is 6.98. The number of unbranched alkanes of at least 4 members (excludes halogenated alkanes) is 9. The molecule has 1 N–H and O–H groups in total. The summed E-state index contributed by atoms with van der Waals surface area (Å²) in [5, 5.41) is 3.06. The zero-order chi connectivity index (χ0) is 29.2. The van der Waals surface area contributed by atoms with E-state index >= 15 is 0 Å². The average Bonchev–Trinajstić information content (AvgIpc) is 2.91. The van der Waals surface area contributed by atoms with E-state index in [-0.39, 0.29) is 5.91 Å². The largest absolute Gasteiger partial charge is 0.392 e. The minimum Gasteiger partial charge on any atom is -0.392 e. The van der Waals surface area contributed by atoms with E-state index in [1.54, 1.807) is 13.8 Å². The second-order valence-electron chi connectivity index (χ2n) is 12.3. The number of thiocarbonyl (C=S) groups is 1. The van der Waals surface area contributed by atoms with Crippen LogP contribution in [0.4, 0.5) is 0 Å². The number of amides is 1. The highest BCUT2D eigenvalue weighted by Gasteiger charge is 2.41. The highest BCUT2D eigenvalue weighted by molar-refractivity contribution is 8.24. The predicted octanol–water partition coefficient (Wildman–Crippen LogP) is 7.96. The fourth-order valence-electron chi connectivity index (χ4n) is 5.73. The van der Waals surface area contributed by atoms with Crippen molar-refractivity contribution in [2.24, 2.45) is 11.8 Å². The first-order valence-electron chi connectivity index (χ1n) is 16.3. The number of carbonyl (C=O) groups is 3. The zero-order valence-corrected chi connectivity index (χ0v) is 27.2. The lowest BCUT2D eigenvalue weighted by molar-refractivity contribution is -0.167. The molecule has 1 aliphatic heterocycles. The van der Waals surface area contributed by atoms with E-state index in [1.165, 1.54) is 82.4 Å². The van der Waals surface area contributed by atoms with Gasteiger partial charge in [-0.1, -0.05) is 121 Å². The smallest absolute Gasteiger partial charge is 0.329 e. The lowest BCUT2D eigenvalue weighted by Gasteiger charge is -2.32. The second kappa shape index (κ2) is 19.9. The summed E-state index contributed by atoms with van der Waals surface area (Å²) in [5.41, 5.74) is 0. The highest BCUT2D eigenvalue weighted by atomic mass is 32.2. The Labute approximate surface area is 253 Å². The molecule has 40 heavy (non-hydrogen) atoms. The van der Waals surface area contributed by atoms with E-state index in [2.05, 4.69) is 17.1 Å². The Balaban J connectivity index is 1.74. The summed E-state index contributed by atoms with van der Waals surface area (Å²) in [6.45, 7) is 8.24. The van der Waals surface area contributed by atoms with Crippen molar-refractivity contribution < 1.29 is 19.1 Å². The molecule has 0 aromatic rings. The molecule has 2 aliphatic rings. The minimum atomic E-state index is -0.975. The van der Waals surface area contributed by atoms with Crippen LogP contribution in [0.2, 0.25) is 0 Å². The number of nitrogens with zero attached hydrogens (tertiary/aromatic N) is 1. The lowest BCUT2D eigenvalue weighted by atomic mass is 9.78. The zero-order valence-electron chi connectivity index (χ0n) is 25.6. The summed E-state index contributed by atoms with van der Waals surface area (Å²) in [4.78, 5) is 41.4. The van der Waals surface area contributed by atoms with Crippen molar-refractivity contribution in [3.63, 3.8) is 0 Å². The van der Waals surface area contributed by atoms with Gasteiger partial charge in [-0.25, -0.2) is 0 Å². The van der Waals surface area contributed by atoms with Crippen LogP contribution in [-0.4, -0.2) is 51.4 Å². The summed E-state index contributed by atoms with van der Waals surface area (Å²) in [5.74, 6) is -2.19. The van der Waals surface area contributed by atoms with Crippen LogP contribution in [0.1, 0.15) is 143 Å². The van der Waals surface area contributed by atoms with E-state index in [1.807, 2.05) is 0 Å². The normalized spacial score (nSPS) is 20.3. The van der Waals surface area contributed by atoms with Crippen molar-refractivity contribution in [3.8, 4) is 0 Å². The topological polar surface area (TPSA) is 75.7 Å². The fourth-order valence-corrected chi connectivity index (χ4v) is 7.41. The van der Waals surface area contributed by atoms with Gasteiger partial charge in [0.05, 0.1) is 11.8 Å². The molecule has 2 rings (SSSR count). The van der Waals surface area contributed by atoms with Gasteiger partial charge >= 0.3 is 11.9 Å². The molecule has 1 aliphatic carbocycles. The van der Waals surface area contributed by atoms with Crippen molar-refractivity contribution in [3.05, 3.63) is 0 Å². The van der Waals surface area contributed by atoms with Gasteiger partial charge in [0.25, 0.3) is 0 Å². The summed E-state index contributed by atoms with van der Waals surface area (Å²) in [7, 11) is 0. The Hall–Kier alpha value is -1.15. The number of esters is 2. The van der Waals surface area contributed by atoms with E-state index in [9.17, 15) is 14.4 Å². The number of hydrogen-bond donors (Lipinski definition) is 1. The monoisotopic (exact) mass is 596 g/mol. The fraction of sp³-hybridized carbons (Fsp3) is 0.875. The summed E-state index contributed by atoms with van der Waals surface area (Å²) in [6, 6.07) is 0. The molecule has 0 bridgehead atoms. The van der Waals surface area contributed by atoms with Crippen LogP contribution in [0.25, 0.3) is 0 Å². The molecule has 1 saturated heterocycles. The Morgan fingerprint density at radius 1 is 0.800 bits per heavy atom. The van der Waals surface area contributed by atoms with Crippen LogP contribution in [0.15, 0.2) is 0 Å². The molecule has 230 valence electrons. The lowest BCUT2D eigenvalue weighted by Crippen LogP contribution is -2.43. The van der Waals surface area contributed by atoms with Crippen LogP contribution in [0.3, 0.4) is 0 Å².